The van der Waals surface area contributed by atoms with Crippen LogP contribution in [0.1, 0.15) is 48.9 Å². The SMILES string of the molecule is CCCC.c1ccc(-c2cccc(-c3cc(-c4ccccc4)cc(-c4cccc(C5(c6ccccc6)c6ccccc6-c6ccccc65)c4)c3)c2)cc1. The van der Waals surface area contributed by atoms with Crippen LogP contribution in [0.5, 0.6) is 0 Å². The van der Waals surface area contributed by atoms with Crippen molar-refractivity contribution in [2.24, 2.45) is 0 Å². The van der Waals surface area contributed by atoms with E-state index in [1.165, 1.54) is 90.7 Å². The summed E-state index contributed by atoms with van der Waals surface area (Å²) in [6.45, 7) is 4.36. The Hall–Kier alpha value is -6.24. The first-order chi connectivity index (χ1) is 26.2. The Morgan fingerprint density at radius 3 is 1.15 bits per heavy atom. The quantitative estimate of drug-likeness (QED) is 0.157. The number of rotatable bonds is 7. The zero-order chi connectivity index (χ0) is 36.0. The maximum Gasteiger partial charge on any atom is 0.0713 e. The zero-order valence-electron chi connectivity index (χ0n) is 30.5. The third kappa shape index (κ3) is 6.43. The minimum atomic E-state index is -0.436. The molecule has 0 radical (unpaired) electrons. The van der Waals surface area contributed by atoms with Gasteiger partial charge in [0.1, 0.15) is 0 Å². The van der Waals surface area contributed by atoms with Crippen LogP contribution in [0.25, 0.3) is 55.6 Å². The highest BCUT2D eigenvalue weighted by Gasteiger charge is 2.45. The van der Waals surface area contributed by atoms with Gasteiger partial charge in [-0.3, -0.25) is 0 Å². The van der Waals surface area contributed by atoms with Crippen LogP contribution in [0.3, 0.4) is 0 Å². The average Bonchev–Trinajstić information content (AvgIpc) is 3.56. The smallest absolute Gasteiger partial charge is 0.0654 e. The van der Waals surface area contributed by atoms with E-state index in [2.05, 4.69) is 220 Å². The molecule has 0 aromatic heterocycles. The van der Waals surface area contributed by atoms with Crippen molar-refractivity contribution in [2.75, 3.05) is 0 Å². The van der Waals surface area contributed by atoms with Gasteiger partial charge in [0.25, 0.3) is 0 Å². The van der Waals surface area contributed by atoms with E-state index in [-0.39, 0.29) is 0 Å². The second-order valence-corrected chi connectivity index (χ2v) is 13.9. The van der Waals surface area contributed by atoms with Crippen LogP contribution in [-0.4, -0.2) is 0 Å². The van der Waals surface area contributed by atoms with E-state index in [4.69, 9.17) is 0 Å². The van der Waals surface area contributed by atoms with Crippen LogP contribution in [0.15, 0.2) is 206 Å². The molecule has 0 atom stereocenters. The molecule has 0 saturated carbocycles. The van der Waals surface area contributed by atoms with E-state index in [0.29, 0.717) is 0 Å². The molecule has 0 fully saturated rings. The van der Waals surface area contributed by atoms with E-state index in [1.807, 2.05) is 0 Å². The molecule has 0 unspecified atom stereocenters. The van der Waals surface area contributed by atoms with Crippen LogP contribution in [-0.2, 0) is 5.41 Å². The number of fused-ring (bicyclic) bond motifs is 3. The first kappa shape index (κ1) is 33.9. The summed E-state index contributed by atoms with van der Waals surface area (Å²) >= 11 is 0. The predicted octanol–water partition coefficient (Wildman–Crippen LogP) is 14.5. The molecule has 0 saturated heterocycles. The standard InChI is InChI=1S/C49H34.C4H10/c1-4-16-35(17-5-1)37-20-14-21-38(30-37)41-31-40(36-18-6-2-7-19-36)32-42(33-41)39-22-15-25-44(34-39)49(43-23-8-3-9-24-43)47-28-12-10-26-45(47)46-27-11-13-29-48(46)49;1-3-4-2/h1-34H;3-4H2,1-2H3. The van der Waals surface area contributed by atoms with Crippen molar-refractivity contribution < 1.29 is 0 Å². The first-order valence-corrected chi connectivity index (χ1v) is 18.9. The highest BCUT2D eigenvalue weighted by molar-refractivity contribution is 5.88. The normalized spacial score (nSPS) is 12.3. The third-order valence-electron chi connectivity index (χ3n) is 10.6. The van der Waals surface area contributed by atoms with Crippen LogP contribution in [0, 0.1) is 0 Å². The lowest BCUT2D eigenvalue weighted by atomic mass is 9.67. The highest BCUT2D eigenvalue weighted by atomic mass is 14.5. The summed E-state index contributed by atoms with van der Waals surface area (Å²) in [6.07, 6.45) is 2.64. The van der Waals surface area contributed by atoms with Crippen molar-refractivity contribution >= 4 is 0 Å². The van der Waals surface area contributed by atoms with E-state index < -0.39 is 5.41 Å². The molecule has 0 heteroatoms. The molecule has 0 bridgehead atoms. The van der Waals surface area contributed by atoms with Gasteiger partial charge >= 0.3 is 0 Å². The van der Waals surface area contributed by atoms with Crippen LogP contribution in [0.2, 0.25) is 0 Å². The Labute approximate surface area is 315 Å². The summed E-state index contributed by atoms with van der Waals surface area (Å²) < 4.78 is 0. The fourth-order valence-corrected chi connectivity index (χ4v) is 7.91. The lowest BCUT2D eigenvalue weighted by Crippen LogP contribution is -2.28. The second kappa shape index (κ2) is 15.2. The molecule has 0 amide bonds. The number of benzene rings is 8. The molecule has 9 rings (SSSR count). The van der Waals surface area contributed by atoms with Gasteiger partial charge in [0.2, 0.25) is 0 Å². The van der Waals surface area contributed by atoms with E-state index in [0.717, 1.165) is 0 Å². The fraction of sp³-hybridized carbons (Fsp3) is 0.0943. The molecule has 0 aliphatic heterocycles. The first-order valence-electron chi connectivity index (χ1n) is 18.9. The Morgan fingerprint density at radius 2 is 0.623 bits per heavy atom. The van der Waals surface area contributed by atoms with Gasteiger partial charge in [0.05, 0.1) is 5.41 Å². The maximum atomic E-state index is 2.43. The Bertz CT molecular complexity index is 2410. The van der Waals surface area contributed by atoms with Gasteiger partial charge in [0.15, 0.2) is 0 Å². The predicted molar refractivity (Wildman–Crippen MR) is 226 cm³/mol. The molecule has 0 nitrogen and oxygen atoms in total. The summed E-state index contributed by atoms with van der Waals surface area (Å²) in [4.78, 5) is 0. The fourth-order valence-electron chi connectivity index (χ4n) is 7.91. The van der Waals surface area contributed by atoms with Gasteiger partial charge in [-0.15, -0.1) is 0 Å². The minimum absolute atomic E-state index is 0.436. The summed E-state index contributed by atoms with van der Waals surface area (Å²) in [5.41, 5.74) is 17.0. The van der Waals surface area contributed by atoms with Crippen molar-refractivity contribution in [2.45, 2.75) is 32.1 Å². The number of hydrogen-bond donors (Lipinski definition) is 0. The Kier molecular flexibility index (Phi) is 9.69. The largest absolute Gasteiger partial charge is 0.0713 e. The van der Waals surface area contributed by atoms with Gasteiger partial charge < -0.3 is 0 Å². The minimum Gasteiger partial charge on any atom is -0.0654 e. The topological polar surface area (TPSA) is 0 Å². The monoisotopic (exact) mass is 680 g/mol. The summed E-state index contributed by atoms with van der Waals surface area (Å²) in [5, 5.41) is 0. The lowest BCUT2D eigenvalue weighted by Gasteiger charge is -2.34. The number of hydrogen-bond acceptors (Lipinski definition) is 0. The maximum absolute atomic E-state index is 2.43. The van der Waals surface area contributed by atoms with Gasteiger partial charge in [0, 0.05) is 0 Å². The van der Waals surface area contributed by atoms with Crippen molar-refractivity contribution in [1.29, 1.82) is 0 Å². The molecule has 256 valence electrons. The average molecular weight is 681 g/mol. The molecule has 0 heterocycles. The van der Waals surface area contributed by atoms with E-state index in [9.17, 15) is 0 Å². The summed E-state index contributed by atoms with van der Waals surface area (Å²) in [5.74, 6) is 0. The van der Waals surface area contributed by atoms with Crippen LogP contribution < -0.4 is 0 Å². The second-order valence-electron chi connectivity index (χ2n) is 13.9. The lowest BCUT2D eigenvalue weighted by molar-refractivity contribution is 0.769. The van der Waals surface area contributed by atoms with E-state index in [1.54, 1.807) is 0 Å². The molecular weight excluding hydrogens is 637 g/mol. The highest BCUT2D eigenvalue weighted by Crippen LogP contribution is 2.56. The molecule has 0 N–H and O–H groups in total. The number of unbranched alkanes of at least 4 members (excludes halogenated alkanes) is 1. The summed E-state index contributed by atoms with van der Waals surface area (Å²) in [7, 11) is 0. The Balaban J connectivity index is 0.000000954. The van der Waals surface area contributed by atoms with Gasteiger partial charge in [-0.1, -0.05) is 203 Å². The third-order valence-corrected chi connectivity index (χ3v) is 10.6. The van der Waals surface area contributed by atoms with Crippen LogP contribution in [0.4, 0.5) is 0 Å². The van der Waals surface area contributed by atoms with Gasteiger partial charge in [-0.2, -0.15) is 0 Å². The molecule has 8 aromatic rings. The molecule has 53 heavy (non-hydrogen) atoms. The molecule has 0 spiro atoms. The van der Waals surface area contributed by atoms with Crippen molar-refractivity contribution in [3.8, 4) is 55.6 Å². The van der Waals surface area contributed by atoms with Crippen molar-refractivity contribution in [1.82, 2.24) is 0 Å². The van der Waals surface area contributed by atoms with Crippen molar-refractivity contribution in [3.63, 3.8) is 0 Å². The van der Waals surface area contributed by atoms with E-state index >= 15 is 0 Å². The van der Waals surface area contributed by atoms with Gasteiger partial charge in [-0.25, -0.2) is 0 Å². The molecule has 1 aliphatic carbocycles. The molecular formula is C53H44. The summed E-state index contributed by atoms with van der Waals surface area (Å²) in [6, 6.07) is 75.5. The Morgan fingerprint density at radius 1 is 0.283 bits per heavy atom. The molecule has 8 aromatic carbocycles. The molecule has 1 aliphatic rings. The zero-order valence-corrected chi connectivity index (χ0v) is 30.5. The van der Waals surface area contributed by atoms with Crippen LogP contribution >= 0.6 is 0 Å². The van der Waals surface area contributed by atoms with Crippen molar-refractivity contribution in [3.05, 3.63) is 229 Å². The van der Waals surface area contributed by atoms with Gasteiger partial charge in [-0.05, 0) is 108 Å².